The number of ketones is 1. The van der Waals surface area contributed by atoms with Gasteiger partial charge in [0.1, 0.15) is 5.60 Å². The zero-order valence-electron chi connectivity index (χ0n) is 16.5. The molecule has 1 aliphatic carbocycles. The Kier molecular flexibility index (Phi) is 6.63. The fourth-order valence-corrected chi connectivity index (χ4v) is 3.55. The zero-order chi connectivity index (χ0) is 20.9. The number of rotatable bonds is 10. The smallest absolute Gasteiger partial charge is 0.287 e. The van der Waals surface area contributed by atoms with Crippen LogP contribution in [-0.4, -0.2) is 64.8 Å². The second kappa shape index (κ2) is 9.17. The van der Waals surface area contributed by atoms with Crippen molar-refractivity contribution in [1.29, 1.82) is 0 Å². The minimum absolute atomic E-state index is 0.0969. The van der Waals surface area contributed by atoms with Crippen molar-refractivity contribution >= 4 is 23.5 Å². The van der Waals surface area contributed by atoms with E-state index >= 15 is 0 Å². The molecule has 0 bridgehead atoms. The van der Waals surface area contributed by atoms with Crippen molar-refractivity contribution in [2.45, 2.75) is 50.7 Å². The van der Waals surface area contributed by atoms with Crippen LogP contribution >= 0.6 is 0 Å². The molecule has 3 amide bonds. The number of carbonyl (C=O) groups is 4. The van der Waals surface area contributed by atoms with Gasteiger partial charge in [0.25, 0.3) is 5.91 Å². The molecule has 1 aromatic rings. The van der Waals surface area contributed by atoms with E-state index in [0.717, 1.165) is 25.7 Å². The Morgan fingerprint density at radius 2 is 1.90 bits per heavy atom. The third-order valence-corrected chi connectivity index (χ3v) is 5.36. The molecule has 0 radical (unpaired) electrons. The van der Waals surface area contributed by atoms with Gasteiger partial charge >= 0.3 is 0 Å². The average Bonchev–Trinajstić information content (AvgIpc) is 3.13. The summed E-state index contributed by atoms with van der Waals surface area (Å²) in [5.41, 5.74) is -0.810. The number of aromatic amines is 1. The summed E-state index contributed by atoms with van der Waals surface area (Å²) in [6, 6.07) is -0.617. The van der Waals surface area contributed by atoms with Crippen LogP contribution in [0.3, 0.4) is 0 Å². The molecule has 10 heteroatoms. The van der Waals surface area contributed by atoms with Crippen LogP contribution in [0.1, 0.15) is 49.6 Å². The van der Waals surface area contributed by atoms with Crippen LogP contribution in [0.4, 0.5) is 0 Å². The lowest BCUT2D eigenvalue weighted by Gasteiger charge is -2.22. The number of H-pyrrole nitrogens is 1. The maximum atomic E-state index is 12.7. The van der Waals surface area contributed by atoms with Gasteiger partial charge in [-0.05, 0) is 19.3 Å². The van der Waals surface area contributed by atoms with E-state index in [4.69, 9.17) is 4.74 Å². The number of aromatic nitrogens is 2. The number of ether oxygens (including phenoxy) is 1. The Labute approximate surface area is 168 Å². The standard InChI is InChI=1S/C19H27N5O5/c1-19(11-29-19)16(27)13(8-12-4-2-3-5-12)24-15(26)10-22-14(25)9-23-18(28)17-20-6-7-21-17/h6-7,12-13H,2-5,8-11H2,1H3,(H,20,21)(H,22,25)(H,23,28)(H,24,26)/t13?,19-/m1/s1. The number of epoxide rings is 1. The lowest BCUT2D eigenvalue weighted by Crippen LogP contribution is -2.50. The van der Waals surface area contributed by atoms with Crippen LogP contribution in [0.2, 0.25) is 0 Å². The van der Waals surface area contributed by atoms with Gasteiger partial charge in [-0.2, -0.15) is 0 Å². The Balaban J connectivity index is 1.43. The summed E-state index contributed by atoms with van der Waals surface area (Å²) >= 11 is 0. The monoisotopic (exact) mass is 405 g/mol. The third-order valence-electron chi connectivity index (χ3n) is 5.36. The van der Waals surface area contributed by atoms with Gasteiger partial charge in [0.05, 0.1) is 25.7 Å². The van der Waals surface area contributed by atoms with Gasteiger partial charge in [-0.1, -0.05) is 25.7 Å². The Hall–Kier alpha value is -2.75. The largest absolute Gasteiger partial charge is 0.361 e. The first kappa shape index (κ1) is 21.0. The highest BCUT2D eigenvalue weighted by Gasteiger charge is 2.50. The molecular formula is C19H27N5O5. The summed E-state index contributed by atoms with van der Waals surface area (Å²) in [6.45, 7) is 1.53. The maximum absolute atomic E-state index is 12.7. The highest BCUT2D eigenvalue weighted by atomic mass is 16.6. The molecule has 3 rings (SSSR count). The first-order valence-corrected chi connectivity index (χ1v) is 9.89. The van der Waals surface area contributed by atoms with Crippen molar-refractivity contribution in [3.63, 3.8) is 0 Å². The molecule has 1 saturated heterocycles. The van der Waals surface area contributed by atoms with Crippen LogP contribution in [0.5, 0.6) is 0 Å². The van der Waals surface area contributed by atoms with E-state index in [1.807, 2.05) is 0 Å². The predicted octanol–water partition coefficient (Wildman–Crippen LogP) is -0.321. The molecule has 1 saturated carbocycles. The molecule has 158 valence electrons. The van der Waals surface area contributed by atoms with Crippen molar-refractivity contribution in [2.24, 2.45) is 5.92 Å². The van der Waals surface area contributed by atoms with Crippen molar-refractivity contribution in [2.75, 3.05) is 19.7 Å². The molecule has 1 aliphatic heterocycles. The summed E-state index contributed by atoms with van der Waals surface area (Å²) in [6.07, 6.45) is 7.93. The number of Topliss-reactive ketones (excluding diaryl/α,β-unsaturated/α-hetero) is 1. The summed E-state index contributed by atoms with van der Waals surface area (Å²) in [4.78, 5) is 55.0. The quantitative estimate of drug-likeness (QED) is 0.393. The summed E-state index contributed by atoms with van der Waals surface area (Å²) in [5.74, 6) is -1.09. The number of hydrogen-bond acceptors (Lipinski definition) is 6. The first-order valence-electron chi connectivity index (χ1n) is 9.89. The van der Waals surface area contributed by atoms with Gasteiger partial charge in [-0.25, -0.2) is 4.98 Å². The fraction of sp³-hybridized carbons (Fsp3) is 0.632. The van der Waals surface area contributed by atoms with Crippen molar-refractivity contribution in [1.82, 2.24) is 25.9 Å². The van der Waals surface area contributed by atoms with Crippen LogP contribution < -0.4 is 16.0 Å². The van der Waals surface area contributed by atoms with E-state index in [1.165, 1.54) is 12.4 Å². The molecule has 10 nitrogen and oxygen atoms in total. The Bertz CT molecular complexity index is 753. The first-order chi connectivity index (χ1) is 13.9. The van der Waals surface area contributed by atoms with Gasteiger partial charge < -0.3 is 25.7 Å². The summed E-state index contributed by atoms with van der Waals surface area (Å²) in [7, 11) is 0. The lowest BCUT2D eigenvalue weighted by molar-refractivity contribution is -0.131. The zero-order valence-corrected chi connectivity index (χ0v) is 16.5. The minimum atomic E-state index is -0.810. The normalized spacial score (nSPS) is 22.0. The number of nitrogens with one attached hydrogen (secondary N) is 4. The summed E-state index contributed by atoms with van der Waals surface area (Å²) in [5, 5.41) is 7.58. The van der Waals surface area contributed by atoms with Crippen LogP contribution in [0, 0.1) is 5.92 Å². The van der Waals surface area contributed by atoms with E-state index in [1.54, 1.807) is 6.92 Å². The molecule has 0 aromatic carbocycles. The number of imidazole rings is 1. The maximum Gasteiger partial charge on any atom is 0.287 e. The molecule has 1 aromatic heterocycles. The van der Waals surface area contributed by atoms with E-state index in [2.05, 4.69) is 25.9 Å². The molecule has 2 heterocycles. The fourth-order valence-electron chi connectivity index (χ4n) is 3.55. The average molecular weight is 405 g/mol. The predicted molar refractivity (Wildman–Crippen MR) is 102 cm³/mol. The Morgan fingerprint density at radius 1 is 1.21 bits per heavy atom. The molecule has 0 spiro atoms. The molecule has 2 fully saturated rings. The third kappa shape index (κ3) is 5.86. The molecule has 1 unspecified atom stereocenters. The molecule has 4 N–H and O–H groups in total. The van der Waals surface area contributed by atoms with Gasteiger partial charge in [0.15, 0.2) is 11.6 Å². The van der Waals surface area contributed by atoms with Gasteiger partial charge in [0, 0.05) is 12.4 Å². The van der Waals surface area contributed by atoms with E-state index < -0.39 is 29.4 Å². The highest BCUT2D eigenvalue weighted by Crippen LogP contribution is 2.33. The number of amides is 3. The number of hydrogen-bond donors (Lipinski definition) is 4. The Morgan fingerprint density at radius 3 is 2.52 bits per heavy atom. The van der Waals surface area contributed by atoms with Crippen LogP contribution in [0.15, 0.2) is 12.4 Å². The minimum Gasteiger partial charge on any atom is -0.361 e. The van der Waals surface area contributed by atoms with E-state index in [-0.39, 0.29) is 24.7 Å². The van der Waals surface area contributed by atoms with Crippen LogP contribution in [0.25, 0.3) is 0 Å². The van der Waals surface area contributed by atoms with Gasteiger partial charge in [-0.15, -0.1) is 0 Å². The summed E-state index contributed by atoms with van der Waals surface area (Å²) < 4.78 is 5.25. The van der Waals surface area contributed by atoms with E-state index in [0.29, 0.717) is 18.9 Å². The van der Waals surface area contributed by atoms with E-state index in [9.17, 15) is 19.2 Å². The number of carbonyl (C=O) groups excluding carboxylic acids is 4. The van der Waals surface area contributed by atoms with Crippen molar-refractivity contribution < 1.29 is 23.9 Å². The van der Waals surface area contributed by atoms with Crippen molar-refractivity contribution in [3.8, 4) is 0 Å². The highest BCUT2D eigenvalue weighted by molar-refractivity contribution is 5.97. The van der Waals surface area contributed by atoms with Gasteiger partial charge in [-0.3, -0.25) is 19.2 Å². The molecule has 29 heavy (non-hydrogen) atoms. The number of nitrogens with zero attached hydrogens (tertiary/aromatic N) is 1. The SMILES string of the molecule is C[C@]1(C(=O)C(CC2CCCC2)NC(=O)CNC(=O)CNC(=O)c2ncc[nH]2)CO1. The lowest BCUT2D eigenvalue weighted by atomic mass is 9.91. The second-order valence-electron chi connectivity index (χ2n) is 7.79. The topological polar surface area (TPSA) is 146 Å². The molecule has 2 aliphatic rings. The van der Waals surface area contributed by atoms with Crippen molar-refractivity contribution in [3.05, 3.63) is 18.2 Å². The van der Waals surface area contributed by atoms with Crippen LogP contribution in [-0.2, 0) is 19.1 Å². The molecular weight excluding hydrogens is 378 g/mol. The molecule has 2 atom stereocenters. The second-order valence-corrected chi connectivity index (χ2v) is 7.79. The van der Waals surface area contributed by atoms with Gasteiger partial charge in [0.2, 0.25) is 11.8 Å².